The summed E-state index contributed by atoms with van der Waals surface area (Å²) in [5.41, 5.74) is 0. The van der Waals surface area contributed by atoms with E-state index in [9.17, 15) is 4.39 Å². The maximum Gasteiger partial charge on any atom is 2.00 e. The molecule has 0 aromatic heterocycles. The van der Waals surface area contributed by atoms with E-state index in [1.54, 1.807) is 0 Å². The van der Waals surface area contributed by atoms with E-state index in [-0.39, 0.29) is 82.3 Å². The monoisotopic (exact) mass is 216 g/mol. The molecule has 4 heavy (non-hydrogen) atoms. The molecule has 22 valence electrons. The molecule has 0 spiro atoms. The van der Waals surface area contributed by atoms with Crippen molar-refractivity contribution in [3.8, 4) is 0 Å². The molecule has 0 amide bonds. The molecule has 0 fully saturated rings. The van der Waals surface area contributed by atoms with E-state index in [0.29, 0.717) is 7.18 Å². The molecule has 0 bridgehead atoms. The van der Waals surface area contributed by atoms with Gasteiger partial charge in [-0.3, -0.25) is 4.39 Å². The van der Waals surface area contributed by atoms with Crippen LogP contribution in [0, 0.1) is 41.7 Å². The molecule has 0 saturated heterocycles. The minimum Gasteiger partial charge on any atom is -1.00 e. The average Bonchev–Trinajstić information content (AvgIpc) is 1.00. The molecule has 0 aliphatic rings. The minimum absolute atomic E-state index is 0. The third kappa shape index (κ3) is 8.82. The van der Waals surface area contributed by atoms with Gasteiger partial charge in [-0.1, -0.05) is 0 Å². The van der Waals surface area contributed by atoms with Crippen molar-refractivity contribution in [2.24, 2.45) is 0 Å². The van der Waals surface area contributed by atoms with Crippen LogP contribution in [0.25, 0.3) is 0 Å². The van der Waals surface area contributed by atoms with E-state index in [2.05, 4.69) is 0 Å². The molecule has 0 aliphatic heterocycles. The van der Waals surface area contributed by atoms with Crippen molar-refractivity contribution in [1.82, 2.24) is 0 Å². The molecule has 0 aromatic carbocycles. The van der Waals surface area contributed by atoms with Gasteiger partial charge in [0.2, 0.25) is 0 Å². The number of hydrogen-bond donors (Lipinski definition) is 0. The molecule has 0 nitrogen and oxygen atoms in total. The summed E-state index contributed by atoms with van der Waals surface area (Å²) in [7, 11) is 0.500. The quantitative estimate of drug-likeness (QED) is 0.515. The molecule has 0 atom stereocenters. The summed E-state index contributed by atoms with van der Waals surface area (Å²) in [4.78, 5) is 0. The molecule has 3 heteroatoms. The Morgan fingerprint density at radius 3 is 1.50 bits per heavy atom. The predicted molar refractivity (Wildman–Crippen MR) is 15.0 cm³/mol. The Balaban J connectivity index is -0.000000000833. The number of alkyl halides is 1. The molecule has 0 N–H and O–H groups in total. The van der Waals surface area contributed by atoms with Gasteiger partial charge in [0.25, 0.3) is 0 Å². The SMILES string of the molecule is CF.[Ca+2].[Ce].[H-].[H-]. The van der Waals surface area contributed by atoms with Crippen LogP contribution in [-0.2, 0) is 0 Å². The zero-order valence-corrected chi connectivity index (χ0v) is 7.93. The molecular weight excluding hydrogens is 211 g/mol. The maximum absolute atomic E-state index is 9.50. The first-order valence-corrected chi connectivity index (χ1v) is 0.378. The van der Waals surface area contributed by atoms with Crippen molar-refractivity contribution < 1.29 is 49.0 Å². The van der Waals surface area contributed by atoms with Crippen LogP contribution in [-0.4, -0.2) is 44.9 Å². The summed E-state index contributed by atoms with van der Waals surface area (Å²) in [5, 5.41) is 0. The van der Waals surface area contributed by atoms with E-state index in [1.165, 1.54) is 0 Å². The smallest absolute Gasteiger partial charge is 1.00 e. The normalized spacial score (nSPS) is 1.50. The summed E-state index contributed by atoms with van der Waals surface area (Å²) in [6.45, 7) is 0. The molecule has 0 radical (unpaired) electrons. The van der Waals surface area contributed by atoms with Gasteiger partial charge in [0.15, 0.2) is 0 Å². The standard InChI is InChI=1S/CH3F.Ca.Ce.2H/c1-2;;;;/h1H3;;;;/q;+2;;2*-1. The van der Waals surface area contributed by atoms with E-state index in [1.807, 2.05) is 0 Å². The van der Waals surface area contributed by atoms with Crippen LogP contribution in [0.3, 0.4) is 0 Å². The topological polar surface area (TPSA) is 0 Å². The predicted octanol–water partition coefficient (Wildman–Crippen LogP) is 0.430. The Morgan fingerprint density at radius 1 is 1.50 bits per heavy atom. The van der Waals surface area contributed by atoms with Gasteiger partial charge in [0.05, 0.1) is 7.18 Å². The van der Waals surface area contributed by atoms with Gasteiger partial charge in [-0.05, 0) is 0 Å². The second kappa shape index (κ2) is 17.6. The molecule has 0 heterocycles. The third-order valence-corrected chi connectivity index (χ3v) is 0. The summed E-state index contributed by atoms with van der Waals surface area (Å²) in [6.07, 6.45) is 0. The fourth-order valence-electron chi connectivity index (χ4n) is 0. The van der Waals surface area contributed by atoms with Crippen LogP contribution >= 0.6 is 0 Å². The number of rotatable bonds is 0. The van der Waals surface area contributed by atoms with Crippen LogP contribution < -0.4 is 0 Å². The Bertz CT molecular complexity index is 13.5. The second-order valence-electron chi connectivity index (χ2n) is 0. The Hall–Kier alpha value is 2.57. The van der Waals surface area contributed by atoms with Gasteiger partial charge in [0.1, 0.15) is 0 Å². The number of halogens is 1. The molecule has 0 saturated carbocycles. The van der Waals surface area contributed by atoms with Crippen LogP contribution in [0.1, 0.15) is 2.85 Å². The molecule has 0 aromatic rings. The minimum atomic E-state index is 0. The van der Waals surface area contributed by atoms with Gasteiger partial charge in [-0.15, -0.1) is 0 Å². The van der Waals surface area contributed by atoms with Gasteiger partial charge in [-0.25, -0.2) is 0 Å². The summed E-state index contributed by atoms with van der Waals surface area (Å²) in [5.74, 6) is 0. The molecule has 0 aliphatic carbocycles. The zero-order valence-electron chi connectivity index (χ0n) is 4.59. The Labute approximate surface area is 91.9 Å². The molecule has 0 unspecified atom stereocenters. The van der Waals surface area contributed by atoms with E-state index >= 15 is 0 Å². The Kier molecular flexibility index (Phi) is 70.5. The van der Waals surface area contributed by atoms with E-state index < -0.39 is 0 Å². The van der Waals surface area contributed by atoms with Crippen LogP contribution in [0.5, 0.6) is 0 Å². The van der Waals surface area contributed by atoms with Crippen LogP contribution in [0.15, 0.2) is 0 Å². The first kappa shape index (κ1) is 16.0. The van der Waals surface area contributed by atoms with Gasteiger partial charge in [0, 0.05) is 41.7 Å². The molecular formula is CH5CaCeF. The summed E-state index contributed by atoms with van der Waals surface area (Å²) in [6, 6.07) is 0. The average molecular weight is 216 g/mol. The van der Waals surface area contributed by atoms with Crippen molar-refractivity contribution >= 4 is 37.7 Å². The van der Waals surface area contributed by atoms with Crippen molar-refractivity contribution in [3.05, 3.63) is 0 Å². The zero-order chi connectivity index (χ0) is 2.00. The summed E-state index contributed by atoms with van der Waals surface area (Å²) < 4.78 is 9.50. The second-order valence-corrected chi connectivity index (χ2v) is 0. The first-order valence-electron chi connectivity index (χ1n) is 0.378. The van der Waals surface area contributed by atoms with Crippen molar-refractivity contribution in [2.45, 2.75) is 0 Å². The third-order valence-electron chi connectivity index (χ3n) is 0. The maximum atomic E-state index is 9.50. The number of hydrogen-bond acceptors (Lipinski definition) is 0. The van der Waals surface area contributed by atoms with Gasteiger partial charge >= 0.3 is 37.7 Å². The van der Waals surface area contributed by atoms with Crippen molar-refractivity contribution in [3.63, 3.8) is 0 Å². The van der Waals surface area contributed by atoms with Gasteiger partial charge in [-0.2, -0.15) is 0 Å². The van der Waals surface area contributed by atoms with Gasteiger partial charge < -0.3 is 2.85 Å². The van der Waals surface area contributed by atoms with Crippen molar-refractivity contribution in [1.29, 1.82) is 0 Å². The fourth-order valence-corrected chi connectivity index (χ4v) is 0. The largest absolute Gasteiger partial charge is 2.00 e. The van der Waals surface area contributed by atoms with E-state index in [4.69, 9.17) is 0 Å². The fraction of sp³-hybridized carbons (Fsp3) is 1.00. The summed E-state index contributed by atoms with van der Waals surface area (Å²) >= 11 is 0. The Morgan fingerprint density at radius 2 is 1.50 bits per heavy atom. The van der Waals surface area contributed by atoms with Crippen molar-refractivity contribution in [2.75, 3.05) is 7.18 Å². The van der Waals surface area contributed by atoms with Crippen LogP contribution in [0.4, 0.5) is 4.39 Å². The van der Waals surface area contributed by atoms with Crippen LogP contribution in [0.2, 0.25) is 0 Å². The molecule has 0 rings (SSSR count). The first-order chi connectivity index (χ1) is 1.00. The van der Waals surface area contributed by atoms with E-state index in [0.717, 1.165) is 0 Å².